The number of rotatable bonds is 5. The average molecular weight is 352 g/mol. The van der Waals surface area contributed by atoms with Crippen LogP contribution in [0.4, 0.5) is 13.2 Å². The van der Waals surface area contributed by atoms with E-state index in [9.17, 15) is 22.8 Å². The van der Waals surface area contributed by atoms with Crippen LogP contribution in [-0.2, 0) is 17.5 Å². The molecule has 4 nitrogen and oxygen atoms in total. The van der Waals surface area contributed by atoms with Gasteiger partial charge in [0.2, 0.25) is 0 Å². The number of carbonyl (C=O) groups is 2. The molecule has 0 spiro atoms. The zero-order valence-electron chi connectivity index (χ0n) is 13.5. The van der Waals surface area contributed by atoms with E-state index in [2.05, 4.69) is 4.74 Å². The Kier molecular flexibility index (Phi) is 5.46. The first-order chi connectivity index (χ1) is 11.8. The summed E-state index contributed by atoms with van der Waals surface area (Å²) in [4.78, 5) is 23.5. The van der Waals surface area contributed by atoms with Crippen LogP contribution in [0.5, 0.6) is 5.75 Å². The lowest BCUT2D eigenvalue weighted by molar-refractivity contribution is -0.139. The number of ether oxygens (including phenoxy) is 2. The first kappa shape index (κ1) is 18.5. The highest BCUT2D eigenvalue weighted by atomic mass is 19.4. The summed E-state index contributed by atoms with van der Waals surface area (Å²) in [7, 11) is 0.948. The van der Waals surface area contributed by atoms with E-state index in [1.165, 1.54) is 0 Å². The smallest absolute Gasteiger partial charge is 0.420 e. The number of halogens is 3. The van der Waals surface area contributed by atoms with Crippen LogP contribution in [0.1, 0.15) is 38.8 Å². The number of hydrogen-bond acceptors (Lipinski definition) is 4. The van der Waals surface area contributed by atoms with Gasteiger partial charge in [0.25, 0.3) is 0 Å². The Bertz CT molecular complexity index is 783. The summed E-state index contributed by atoms with van der Waals surface area (Å²) >= 11 is 0. The van der Waals surface area contributed by atoms with Gasteiger partial charge in [-0.05, 0) is 24.6 Å². The number of hydrogen-bond donors (Lipinski definition) is 0. The molecule has 2 aromatic rings. The second-order valence-electron chi connectivity index (χ2n) is 5.18. The standard InChI is InChI=1S/C18H15F3O4/c1-11(22)13-8-9-14(25-10-12-6-4-3-5-7-12)16(18(19,20)21)15(13)17(23)24-2/h3-9H,10H2,1-2H3. The van der Waals surface area contributed by atoms with E-state index in [4.69, 9.17) is 4.74 Å². The Hall–Kier alpha value is -2.83. The predicted octanol–water partition coefficient (Wildman–Crippen LogP) is 4.27. The van der Waals surface area contributed by atoms with Crippen molar-refractivity contribution in [2.24, 2.45) is 0 Å². The summed E-state index contributed by atoms with van der Waals surface area (Å²) in [5, 5.41) is 0. The van der Waals surface area contributed by atoms with E-state index < -0.39 is 34.8 Å². The molecule has 0 aliphatic rings. The van der Waals surface area contributed by atoms with Crippen molar-refractivity contribution in [3.8, 4) is 5.75 Å². The fourth-order valence-corrected chi connectivity index (χ4v) is 2.33. The maximum atomic E-state index is 13.6. The molecule has 0 saturated carbocycles. The summed E-state index contributed by atoms with van der Waals surface area (Å²) in [6.07, 6.45) is -4.90. The molecule has 0 fully saturated rings. The second kappa shape index (κ2) is 7.38. The summed E-state index contributed by atoms with van der Waals surface area (Å²) < 4.78 is 50.4. The fraction of sp³-hybridized carbons (Fsp3) is 0.222. The molecule has 0 atom stereocenters. The van der Waals surface area contributed by atoms with Gasteiger partial charge in [-0.1, -0.05) is 30.3 Å². The van der Waals surface area contributed by atoms with Gasteiger partial charge >= 0.3 is 12.1 Å². The second-order valence-corrected chi connectivity index (χ2v) is 5.18. The van der Waals surface area contributed by atoms with Crippen molar-refractivity contribution in [1.82, 2.24) is 0 Å². The van der Waals surface area contributed by atoms with Gasteiger partial charge in [0, 0.05) is 5.56 Å². The van der Waals surface area contributed by atoms with Gasteiger partial charge < -0.3 is 9.47 Å². The first-order valence-corrected chi connectivity index (χ1v) is 7.26. The predicted molar refractivity (Wildman–Crippen MR) is 83.6 cm³/mol. The molecule has 132 valence electrons. The molecule has 2 aromatic carbocycles. The van der Waals surface area contributed by atoms with Crippen LogP contribution in [0.2, 0.25) is 0 Å². The fourth-order valence-electron chi connectivity index (χ4n) is 2.33. The van der Waals surface area contributed by atoms with Gasteiger partial charge in [-0.2, -0.15) is 13.2 Å². The Morgan fingerprint density at radius 2 is 1.68 bits per heavy atom. The van der Waals surface area contributed by atoms with Crippen LogP contribution >= 0.6 is 0 Å². The monoisotopic (exact) mass is 352 g/mol. The Morgan fingerprint density at radius 3 is 2.20 bits per heavy atom. The van der Waals surface area contributed by atoms with E-state index in [0.29, 0.717) is 5.56 Å². The minimum Gasteiger partial charge on any atom is -0.488 e. The summed E-state index contributed by atoms with van der Waals surface area (Å²) in [5.74, 6) is -2.47. The van der Waals surface area contributed by atoms with Crippen molar-refractivity contribution in [3.05, 3.63) is 64.7 Å². The zero-order chi connectivity index (χ0) is 18.6. The highest BCUT2D eigenvalue weighted by molar-refractivity contribution is 6.06. The molecule has 7 heteroatoms. The number of Topliss-reactive ketones (excluding diaryl/α,β-unsaturated/α-hetero) is 1. The van der Waals surface area contributed by atoms with Crippen LogP contribution < -0.4 is 4.74 Å². The number of methoxy groups -OCH3 is 1. The number of ketones is 1. The van der Waals surface area contributed by atoms with Gasteiger partial charge in [0.1, 0.15) is 17.9 Å². The van der Waals surface area contributed by atoms with Crippen molar-refractivity contribution < 1.29 is 32.2 Å². The third kappa shape index (κ3) is 4.17. The number of carbonyl (C=O) groups excluding carboxylic acids is 2. The summed E-state index contributed by atoms with van der Waals surface area (Å²) in [6, 6.07) is 10.8. The topological polar surface area (TPSA) is 52.6 Å². The molecule has 0 N–H and O–H groups in total. The van der Waals surface area contributed by atoms with Crippen LogP contribution in [0, 0.1) is 0 Å². The summed E-state index contributed by atoms with van der Waals surface area (Å²) in [5.41, 5.74) is -1.87. The molecule has 0 heterocycles. The minimum atomic E-state index is -4.90. The van der Waals surface area contributed by atoms with Crippen molar-refractivity contribution >= 4 is 11.8 Å². The molecule has 0 amide bonds. The summed E-state index contributed by atoms with van der Waals surface area (Å²) in [6.45, 7) is 0.955. The normalized spacial score (nSPS) is 11.1. The molecule has 0 saturated heterocycles. The van der Waals surface area contributed by atoms with Crippen LogP contribution in [0.3, 0.4) is 0 Å². The third-order valence-electron chi connectivity index (χ3n) is 3.46. The van der Waals surface area contributed by atoms with Crippen LogP contribution in [0.25, 0.3) is 0 Å². The molecule has 0 aliphatic heterocycles. The Morgan fingerprint density at radius 1 is 1.04 bits per heavy atom. The number of benzene rings is 2. The van der Waals surface area contributed by atoms with Crippen molar-refractivity contribution in [1.29, 1.82) is 0 Å². The van der Waals surface area contributed by atoms with Gasteiger partial charge in [-0.25, -0.2) is 4.79 Å². The van der Waals surface area contributed by atoms with E-state index in [0.717, 1.165) is 26.2 Å². The molecular formula is C18H15F3O4. The quantitative estimate of drug-likeness (QED) is 0.596. The first-order valence-electron chi connectivity index (χ1n) is 7.26. The molecule has 0 aliphatic carbocycles. The Labute approximate surface area is 142 Å². The van der Waals surface area contributed by atoms with E-state index in [-0.39, 0.29) is 12.2 Å². The lowest BCUT2D eigenvalue weighted by Gasteiger charge is -2.19. The van der Waals surface area contributed by atoms with Crippen molar-refractivity contribution in [2.45, 2.75) is 19.7 Å². The number of alkyl halides is 3. The molecule has 25 heavy (non-hydrogen) atoms. The maximum Gasteiger partial charge on any atom is 0.420 e. The van der Waals surface area contributed by atoms with Gasteiger partial charge in [0.05, 0.1) is 12.7 Å². The van der Waals surface area contributed by atoms with E-state index in [1.807, 2.05) is 0 Å². The molecule has 0 bridgehead atoms. The van der Waals surface area contributed by atoms with Crippen molar-refractivity contribution in [2.75, 3.05) is 7.11 Å². The molecule has 0 aromatic heterocycles. The molecular weight excluding hydrogens is 337 g/mol. The number of esters is 1. The lowest BCUT2D eigenvalue weighted by atomic mass is 9.97. The zero-order valence-corrected chi connectivity index (χ0v) is 13.5. The molecule has 2 rings (SSSR count). The maximum absolute atomic E-state index is 13.6. The van der Waals surface area contributed by atoms with Gasteiger partial charge in [0.15, 0.2) is 5.78 Å². The highest BCUT2D eigenvalue weighted by Crippen LogP contribution is 2.41. The van der Waals surface area contributed by atoms with E-state index >= 15 is 0 Å². The highest BCUT2D eigenvalue weighted by Gasteiger charge is 2.41. The van der Waals surface area contributed by atoms with E-state index in [1.54, 1.807) is 30.3 Å². The van der Waals surface area contributed by atoms with Crippen molar-refractivity contribution in [3.63, 3.8) is 0 Å². The lowest BCUT2D eigenvalue weighted by Crippen LogP contribution is -2.20. The average Bonchev–Trinajstić information content (AvgIpc) is 2.58. The minimum absolute atomic E-state index is 0.121. The van der Waals surface area contributed by atoms with Gasteiger partial charge in [-0.3, -0.25) is 4.79 Å². The molecule has 0 unspecified atom stereocenters. The molecule has 0 radical (unpaired) electrons. The van der Waals surface area contributed by atoms with Crippen LogP contribution in [0.15, 0.2) is 42.5 Å². The van der Waals surface area contributed by atoms with Gasteiger partial charge in [-0.15, -0.1) is 0 Å². The SMILES string of the molecule is COC(=O)c1c(C(C)=O)ccc(OCc2ccccc2)c1C(F)(F)F. The van der Waals surface area contributed by atoms with Crippen LogP contribution in [-0.4, -0.2) is 18.9 Å². The largest absolute Gasteiger partial charge is 0.488 e. The Balaban J connectivity index is 2.56. The third-order valence-corrected chi connectivity index (χ3v) is 3.46.